The minimum Gasteiger partial charge on any atom is -0.356 e. The third-order valence-electron chi connectivity index (χ3n) is 2.80. The highest BCUT2D eigenvalue weighted by atomic mass is 35.5. The zero-order valence-electron chi connectivity index (χ0n) is 10.8. The van der Waals surface area contributed by atoms with Crippen molar-refractivity contribution in [2.24, 2.45) is 0 Å². The van der Waals surface area contributed by atoms with Gasteiger partial charge in [0.2, 0.25) is 5.82 Å². The molecule has 2 rings (SSSR count). The van der Waals surface area contributed by atoms with Crippen LogP contribution in [0.2, 0.25) is 5.15 Å². The van der Waals surface area contributed by atoms with Gasteiger partial charge in [0.15, 0.2) is 0 Å². The molecule has 20 heavy (non-hydrogen) atoms. The maximum absolute atomic E-state index is 11.0. The number of nitrogens with one attached hydrogen (secondary N) is 1. The van der Waals surface area contributed by atoms with Gasteiger partial charge >= 0.3 is 5.69 Å². The van der Waals surface area contributed by atoms with Crippen LogP contribution in [0.15, 0.2) is 36.5 Å². The van der Waals surface area contributed by atoms with Crippen LogP contribution in [0.4, 0.5) is 11.5 Å². The number of hydrogen-bond acceptors (Lipinski definition) is 5. The van der Waals surface area contributed by atoms with Gasteiger partial charge in [-0.15, -0.1) is 0 Å². The Morgan fingerprint density at radius 3 is 2.80 bits per heavy atom. The van der Waals surface area contributed by atoms with Crippen LogP contribution in [-0.4, -0.2) is 14.9 Å². The average Bonchev–Trinajstić information content (AvgIpc) is 2.45. The molecule has 0 aliphatic carbocycles. The minimum absolute atomic E-state index is 0.108. The van der Waals surface area contributed by atoms with E-state index in [1.807, 2.05) is 25.1 Å². The van der Waals surface area contributed by atoms with Gasteiger partial charge in [-0.2, -0.15) is 0 Å². The van der Waals surface area contributed by atoms with Crippen molar-refractivity contribution in [3.63, 3.8) is 0 Å². The van der Waals surface area contributed by atoms with Gasteiger partial charge in [-0.3, -0.25) is 15.1 Å². The van der Waals surface area contributed by atoms with Crippen molar-refractivity contribution in [3.8, 4) is 0 Å². The van der Waals surface area contributed by atoms with Crippen LogP contribution < -0.4 is 5.32 Å². The Kier molecular flexibility index (Phi) is 4.47. The first-order valence-corrected chi connectivity index (χ1v) is 6.48. The second-order valence-corrected chi connectivity index (χ2v) is 4.51. The van der Waals surface area contributed by atoms with Crippen LogP contribution in [0, 0.1) is 10.1 Å². The predicted molar refractivity (Wildman–Crippen MR) is 76.8 cm³/mol. The van der Waals surface area contributed by atoms with Crippen LogP contribution in [0.25, 0.3) is 0 Å². The maximum Gasteiger partial charge on any atom is 0.311 e. The van der Waals surface area contributed by atoms with E-state index in [0.717, 1.165) is 5.69 Å². The van der Waals surface area contributed by atoms with Crippen molar-refractivity contribution in [3.05, 3.63) is 57.5 Å². The molecule has 0 amide bonds. The number of rotatable bonds is 5. The smallest absolute Gasteiger partial charge is 0.311 e. The largest absolute Gasteiger partial charge is 0.356 e. The number of anilines is 1. The Balaban J connectivity index is 2.32. The lowest BCUT2D eigenvalue weighted by Gasteiger charge is -2.16. The van der Waals surface area contributed by atoms with E-state index in [1.54, 1.807) is 6.20 Å². The van der Waals surface area contributed by atoms with Crippen LogP contribution in [0.1, 0.15) is 25.1 Å². The lowest BCUT2D eigenvalue weighted by atomic mass is 10.1. The summed E-state index contributed by atoms with van der Waals surface area (Å²) in [4.78, 5) is 18.8. The highest BCUT2D eigenvalue weighted by molar-refractivity contribution is 6.29. The summed E-state index contributed by atoms with van der Waals surface area (Å²) >= 11 is 5.80. The molecule has 104 valence electrons. The van der Waals surface area contributed by atoms with Gasteiger partial charge in [0.25, 0.3) is 0 Å². The molecule has 0 aliphatic rings. The maximum atomic E-state index is 11.0. The molecule has 0 aliphatic heterocycles. The first-order chi connectivity index (χ1) is 9.61. The van der Waals surface area contributed by atoms with Crippen molar-refractivity contribution in [1.82, 2.24) is 9.97 Å². The van der Waals surface area contributed by atoms with E-state index in [2.05, 4.69) is 15.3 Å². The third kappa shape index (κ3) is 3.21. The summed E-state index contributed by atoms with van der Waals surface area (Å²) in [5.41, 5.74) is 0.690. The number of hydrogen-bond donors (Lipinski definition) is 1. The normalized spacial score (nSPS) is 11.9. The van der Waals surface area contributed by atoms with Crippen molar-refractivity contribution in [1.29, 1.82) is 0 Å². The number of aromatic nitrogens is 2. The van der Waals surface area contributed by atoms with E-state index in [9.17, 15) is 10.1 Å². The number of halogens is 1. The molecule has 0 spiro atoms. The molecule has 0 saturated heterocycles. The highest BCUT2D eigenvalue weighted by Gasteiger charge is 2.19. The molecule has 0 bridgehead atoms. The number of nitro groups is 1. The second kappa shape index (κ2) is 6.29. The SMILES string of the molecule is CC[C@H](Nc1nc(Cl)ccc1[N+](=O)[O-])c1ccccn1. The van der Waals surface area contributed by atoms with E-state index in [4.69, 9.17) is 11.6 Å². The fourth-order valence-electron chi connectivity index (χ4n) is 1.81. The Morgan fingerprint density at radius 1 is 1.40 bits per heavy atom. The molecule has 7 heteroatoms. The molecule has 2 aromatic heterocycles. The topological polar surface area (TPSA) is 81.0 Å². The Labute approximate surface area is 121 Å². The van der Waals surface area contributed by atoms with Gasteiger partial charge in [0.1, 0.15) is 5.15 Å². The molecule has 0 fully saturated rings. The molecule has 0 saturated carbocycles. The molecular weight excluding hydrogens is 280 g/mol. The van der Waals surface area contributed by atoms with Crippen LogP contribution >= 0.6 is 11.6 Å². The van der Waals surface area contributed by atoms with Crippen molar-refractivity contribution in [2.75, 3.05) is 5.32 Å². The summed E-state index contributed by atoms with van der Waals surface area (Å²) in [5.74, 6) is 0.153. The number of pyridine rings is 2. The monoisotopic (exact) mass is 292 g/mol. The lowest BCUT2D eigenvalue weighted by Crippen LogP contribution is -2.13. The fraction of sp³-hybridized carbons (Fsp3) is 0.231. The van der Waals surface area contributed by atoms with Crippen molar-refractivity contribution >= 4 is 23.1 Å². The summed E-state index contributed by atoms with van der Waals surface area (Å²) in [6.45, 7) is 1.96. The van der Waals surface area contributed by atoms with Gasteiger partial charge in [-0.25, -0.2) is 4.98 Å². The summed E-state index contributed by atoms with van der Waals surface area (Å²) < 4.78 is 0. The van der Waals surface area contributed by atoms with E-state index >= 15 is 0 Å². The molecule has 6 nitrogen and oxygen atoms in total. The van der Waals surface area contributed by atoms with E-state index in [1.165, 1.54) is 12.1 Å². The van der Waals surface area contributed by atoms with E-state index in [-0.39, 0.29) is 22.7 Å². The quantitative estimate of drug-likeness (QED) is 0.517. The molecule has 1 atom stereocenters. The van der Waals surface area contributed by atoms with Gasteiger partial charge in [0.05, 0.1) is 16.7 Å². The molecule has 0 aromatic carbocycles. The lowest BCUT2D eigenvalue weighted by molar-refractivity contribution is -0.384. The zero-order valence-corrected chi connectivity index (χ0v) is 11.5. The van der Waals surface area contributed by atoms with E-state index in [0.29, 0.717) is 6.42 Å². The molecule has 2 aromatic rings. The Bertz CT molecular complexity index is 607. The van der Waals surface area contributed by atoms with Gasteiger partial charge in [-0.1, -0.05) is 24.6 Å². The number of nitrogens with zero attached hydrogens (tertiary/aromatic N) is 3. The molecular formula is C13H13ClN4O2. The average molecular weight is 293 g/mol. The summed E-state index contributed by atoms with van der Waals surface area (Å²) in [6, 6.07) is 8.11. The van der Waals surface area contributed by atoms with Gasteiger partial charge in [0, 0.05) is 12.3 Å². The fourth-order valence-corrected chi connectivity index (χ4v) is 1.96. The summed E-state index contributed by atoms with van der Waals surface area (Å²) in [6.07, 6.45) is 2.39. The first-order valence-electron chi connectivity index (χ1n) is 6.10. The van der Waals surface area contributed by atoms with Crippen LogP contribution in [-0.2, 0) is 0 Å². The molecule has 0 radical (unpaired) electrons. The predicted octanol–water partition coefficient (Wildman–Crippen LogP) is 3.60. The zero-order chi connectivity index (χ0) is 14.5. The van der Waals surface area contributed by atoms with E-state index < -0.39 is 4.92 Å². The summed E-state index contributed by atoms with van der Waals surface area (Å²) in [5, 5.41) is 14.2. The van der Waals surface area contributed by atoms with Gasteiger partial charge in [-0.05, 0) is 24.6 Å². The third-order valence-corrected chi connectivity index (χ3v) is 3.01. The minimum atomic E-state index is -0.489. The molecule has 1 N–H and O–H groups in total. The van der Waals surface area contributed by atoms with Crippen molar-refractivity contribution in [2.45, 2.75) is 19.4 Å². The summed E-state index contributed by atoms with van der Waals surface area (Å²) in [7, 11) is 0. The van der Waals surface area contributed by atoms with Crippen LogP contribution in [0.3, 0.4) is 0 Å². The van der Waals surface area contributed by atoms with Crippen LogP contribution in [0.5, 0.6) is 0 Å². The molecule has 0 unspecified atom stereocenters. The Hall–Kier alpha value is -2.21. The second-order valence-electron chi connectivity index (χ2n) is 4.12. The molecule has 2 heterocycles. The first kappa shape index (κ1) is 14.2. The van der Waals surface area contributed by atoms with Gasteiger partial charge < -0.3 is 5.32 Å². The standard InChI is InChI=1S/C13H13ClN4O2/c1-2-9(10-5-3-4-8-15-10)16-13-11(18(19)20)6-7-12(14)17-13/h3-9H,2H2,1H3,(H,16,17)/t9-/m0/s1. The Morgan fingerprint density at radius 2 is 2.20 bits per heavy atom. The van der Waals surface area contributed by atoms with Crippen molar-refractivity contribution < 1.29 is 4.92 Å². The highest BCUT2D eigenvalue weighted by Crippen LogP contribution is 2.28.